The van der Waals surface area contributed by atoms with E-state index in [9.17, 15) is 22.4 Å². The van der Waals surface area contributed by atoms with E-state index in [0.717, 1.165) is 33.5 Å². The lowest BCUT2D eigenvalue weighted by molar-refractivity contribution is 0.0965. The smallest absolute Gasteiger partial charge is 0.263 e. The largest absolute Gasteiger partial charge is 0.491 e. The summed E-state index contributed by atoms with van der Waals surface area (Å²) in [4.78, 5) is 16.8. The van der Waals surface area contributed by atoms with Crippen molar-refractivity contribution in [3.63, 3.8) is 0 Å². The molecule has 174 valence electrons. The molecule has 0 aliphatic carbocycles. The van der Waals surface area contributed by atoms with Crippen molar-refractivity contribution in [1.29, 1.82) is 0 Å². The molecule has 0 saturated heterocycles. The normalized spacial score (nSPS) is 10.9. The molecule has 0 aliphatic rings. The molecule has 0 aliphatic heterocycles. The van der Waals surface area contributed by atoms with Gasteiger partial charge in [-0.15, -0.1) is 11.3 Å². The van der Waals surface area contributed by atoms with Gasteiger partial charge in [0.05, 0.1) is 17.3 Å². The lowest BCUT2D eigenvalue weighted by atomic mass is 10.1. The Morgan fingerprint density at radius 1 is 1.00 bits per heavy atom. The first kappa shape index (κ1) is 23.6. The van der Waals surface area contributed by atoms with Crippen molar-refractivity contribution in [2.45, 2.75) is 6.54 Å². The molecule has 0 atom stereocenters. The number of thiazole rings is 1. The van der Waals surface area contributed by atoms with Gasteiger partial charge in [-0.25, -0.2) is 13.8 Å². The Morgan fingerprint density at radius 3 is 2.26 bits per heavy atom. The van der Waals surface area contributed by atoms with Crippen molar-refractivity contribution < 1.29 is 27.1 Å². The second-order valence-corrected chi connectivity index (χ2v) is 8.42. The van der Waals surface area contributed by atoms with Crippen LogP contribution in [0.3, 0.4) is 0 Å². The van der Waals surface area contributed by atoms with E-state index in [1.54, 1.807) is 11.3 Å². The van der Waals surface area contributed by atoms with Gasteiger partial charge in [0.15, 0.2) is 22.5 Å². The van der Waals surface area contributed by atoms with Gasteiger partial charge in [-0.1, -0.05) is 36.4 Å². The summed E-state index contributed by atoms with van der Waals surface area (Å²) in [5.74, 6) is -10.1. The lowest BCUT2D eigenvalue weighted by Gasteiger charge is -2.13. The molecule has 0 unspecified atom stereocenters. The number of para-hydroxylation sites is 1. The van der Waals surface area contributed by atoms with Crippen LogP contribution in [0.5, 0.6) is 5.75 Å². The molecule has 0 bridgehead atoms. The zero-order chi connectivity index (χ0) is 24.4. The second kappa shape index (κ2) is 9.74. The monoisotopic (exact) mass is 505 g/mol. The molecule has 11 heteroatoms. The van der Waals surface area contributed by atoms with Crippen LogP contribution in [0.15, 0.2) is 48.5 Å². The quantitative estimate of drug-likeness (QED) is 0.218. The maximum atomic E-state index is 14.1. The van der Waals surface area contributed by atoms with Crippen molar-refractivity contribution in [3.8, 4) is 16.3 Å². The van der Waals surface area contributed by atoms with E-state index in [2.05, 4.69) is 15.0 Å². The number of ether oxygens (including phenoxy) is 1. The fourth-order valence-electron chi connectivity index (χ4n) is 3.14. The minimum Gasteiger partial charge on any atom is -0.491 e. The van der Waals surface area contributed by atoms with E-state index in [-0.39, 0.29) is 11.7 Å². The second-order valence-electron chi connectivity index (χ2n) is 6.98. The van der Waals surface area contributed by atoms with Crippen molar-refractivity contribution in [2.75, 3.05) is 7.11 Å². The van der Waals surface area contributed by atoms with E-state index in [4.69, 9.17) is 12.2 Å². The van der Waals surface area contributed by atoms with Crippen LogP contribution in [0.1, 0.15) is 15.9 Å². The van der Waals surface area contributed by atoms with Crippen LogP contribution in [-0.4, -0.2) is 23.1 Å². The number of carbonyl (C=O) groups excluding carboxylic acids is 1. The fourth-order valence-corrected chi connectivity index (χ4v) is 4.28. The first-order valence-corrected chi connectivity index (χ1v) is 11.0. The molecule has 0 spiro atoms. The maximum absolute atomic E-state index is 14.1. The molecule has 3 aromatic carbocycles. The number of rotatable bonds is 5. The topological polar surface area (TPSA) is 63.2 Å². The third-order valence-electron chi connectivity index (χ3n) is 4.83. The SMILES string of the molecule is COc1c(F)c(F)c(C(=O)NC(=S)NCc2ccc(-c3nc4ccccc4s3)cc2)c(F)c1F. The molecule has 1 amide bonds. The fraction of sp³-hybridized carbons (Fsp3) is 0.0870. The third-order valence-corrected chi connectivity index (χ3v) is 6.16. The molecule has 1 aromatic heterocycles. The summed E-state index contributed by atoms with van der Waals surface area (Å²) in [5.41, 5.74) is 1.19. The number of benzene rings is 3. The van der Waals surface area contributed by atoms with Crippen molar-refractivity contribution >= 4 is 44.8 Å². The van der Waals surface area contributed by atoms with Gasteiger partial charge in [0.25, 0.3) is 5.91 Å². The maximum Gasteiger partial charge on any atom is 0.263 e. The Hall–Kier alpha value is -3.57. The molecule has 0 fully saturated rings. The summed E-state index contributed by atoms with van der Waals surface area (Å²) in [6.07, 6.45) is 0. The number of fused-ring (bicyclic) bond motifs is 1. The van der Waals surface area contributed by atoms with Crippen LogP contribution in [0.25, 0.3) is 20.8 Å². The highest BCUT2D eigenvalue weighted by Gasteiger charge is 2.30. The lowest BCUT2D eigenvalue weighted by Crippen LogP contribution is -2.39. The van der Waals surface area contributed by atoms with Gasteiger partial charge in [0.2, 0.25) is 11.6 Å². The van der Waals surface area contributed by atoms with Crippen molar-refractivity contribution in [2.24, 2.45) is 0 Å². The number of nitrogens with one attached hydrogen (secondary N) is 2. The van der Waals surface area contributed by atoms with E-state index in [1.807, 2.05) is 53.8 Å². The summed E-state index contributed by atoms with van der Waals surface area (Å²) in [7, 11) is 0.838. The van der Waals surface area contributed by atoms with E-state index >= 15 is 0 Å². The summed E-state index contributed by atoms with van der Waals surface area (Å²) in [6.45, 7) is 0.176. The van der Waals surface area contributed by atoms with Gasteiger partial charge >= 0.3 is 0 Å². The molecule has 0 saturated carbocycles. The molecular formula is C23H15F4N3O2S2. The van der Waals surface area contributed by atoms with Crippen molar-refractivity contribution in [3.05, 3.63) is 82.9 Å². The zero-order valence-corrected chi connectivity index (χ0v) is 19.1. The van der Waals surface area contributed by atoms with Crippen LogP contribution < -0.4 is 15.4 Å². The van der Waals surface area contributed by atoms with Gasteiger partial charge in [0, 0.05) is 12.1 Å². The van der Waals surface area contributed by atoms with Crippen molar-refractivity contribution in [1.82, 2.24) is 15.6 Å². The summed E-state index contributed by atoms with van der Waals surface area (Å²) in [6, 6.07) is 15.2. The molecule has 5 nitrogen and oxygen atoms in total. The number of hydrogen-bond acceptors (Lipinski definition) is 5. The highest BCUT2D eigenvalue weighted by atomic mass is 32.1. The van der Waals surface area contributed by atoms with E-state index in [0.29, 0.717) is 0 Å². The molecule has 0 radical (unpaired) electrons. The number of thiocarbonyl (C=S) groups is 1. The zero-order valence-electron chi connectivity index (χ0n) is 17.4. The van der Waals surface area contributed by atoms with Crippen LogP contribution in [0, 0.1) is 23.3 Å². The first-order chi connectivity index (χ1) is 16.3. The highest BCUT2D eigenvalue weighted by Crippen LogP contribution is 2.31. The predicted octanol–water partition coefficient (Wildman–Crippen LogP) is 5.33. The number of carbonyl (C=O) groups is 1. The number of nitrogens with zero attached hydrogens (tertiary/aromatic N) is 1. The molecular weight excluding hydrogens is 490 g/mol. The van der Waals surface area contributed by atoms with Gasteiger partial charge in [-0.3, -0.25) is 10.1 Å². The Kier molecular flexibility index (Phi) is 6.75. The summed E-state index contributed by atoms with van der Waals surface area (Å²) in [5, 5.41) is 5.30. The highest BCUT2D eigenvalue weighted by molar-refractivity contribution is 7.80. The van der Waals surface area contributed by atoms with E-state index in [1.165, 1.54) is 0 Å². The first-order valence-electron chi connectivity index (χ1n) is 9.74. The predicted molar refractivity (Wildman–Crippen MR) is 125 cm³/mol. The minimum absolute atomic E-state index is 0.176. The Balaban J connectivity index is 1.40. The van der Waals surface area contributed by atoms with Crippen LogP contribution in [-0.2, 0) is 6.54 Å². The van der Waals surface area contributed by atoms with Gasteiger partial charge in [0.1, 0.15) is 10.6 Å². The van der Waals surface area contributed by atoms with Gasteiger partial charge in [-0.05, 0) is 29.9 Å². The Morgan fingerprint density at radius 2 is 1.65 bits per heavy atom. The minimum atomic E-state index is -1.89. The number of aromatic nitrogens is 1. The van der Waals surface area contributed by atoms with Gasteiger partial charge in [-0.2, -0.15) is 8.78 Å². The molecule has 2 N–H and O–H groups in total. The number of halogens is 4. The average Bonchev–Trinajstić information content (AvgIpc) is 3.27. The molecule has 34 heavy (non-hydrogen) atoms. The Bertz CT molecular complexity index is 1350. The molecule has 1 heterocycles. The van der Waals surface area contributed by atoms with E-state index < -0.39 is 40.5 Å². The molecule has 4 rings (SSSR count). The van der Waals surface area contributed by atoms with Crippen LogP contribution in [0.2, 0.25) is 0 Å². The van der Waals surface area contributed by atoms with Crippen LogP contribution in [0.4, 0.5) is 17.6 Å². The summed E-state index contributed by atoms with van der Waals surface area (Å²) < 4.78 is 61.3. The molecule has 4 aromatic rings. The van der Waals surface area contributed by atoms with Crippen LogP contribution >= 0.6 is 23.6 Å². The standard InChI is InChI=1S/C23H15F4N3O2S2/c1-32-20-18(26)16(24)15(17(25)19(20)27)21(31)30-23(33)28-10-11-6-8-12(9-7-11)22-29-13-4-2-3-5-14(13)34-22/h2-9H,10H2,1H3,(H2,28,30,31,33). The average molecular weight is 506 g/mol. The number of amides is 1. The summed E-state index contributed by atoms with van der Waals surface area (Å²) >= 11 is 6.53. The third kappa shape index (κ3) is 4.57. The van der Waals surface area contributed by atoms with Gasteiger partial charge < -0.3 is 10.1 Å². The number of methoxy groups -OCH3 is 1. The Labute approximate surface area is 200 Å². The number of hydrogen-bond donors (Lipinski definition) is 2.